The highest BCUT2D eigenvalue weighted by atomic mass is 16.5. The quantitative estimate of drug-likeness (QED) is 0.863. The smallest absolute Gasteiger partial charge is 0.302 e. The molecule has 0 bridgehead atoms. The van der Waals surface area contributed by atoms with E-state index in [1.165, 1.54) is 18.1 Å². The zero-order valence-electron chi connectivity index (χ0n) is 14.7. The van der Waals surface area contributed by atoms with Crippen LogP contribution >= 0.6 is 0 Å². The Labute approximate surface area is 138 Å². The number of rotatable bonds is 4. The molecule has 2 rings (SSSR count). The van der Waals surface area contributed by atoms with Crippen molar-refractivity contribution in [3.63, 3.8) is 0 Å². The topological polar surface area (TPSA) is 58.6 Å². The minimum Gasteiger partial charge on any atom is -0.461 e. The summed E-state index contributed by atoms with van der Waals surface area (Å²) in [4.78, 5) is 25.2. The molecule has 5 heteroatoms. The fraction of sp³-hybridized carbons (Fsp3) is 0.556. The van der Waals surface area contributed by atoms with Crippen molar-refractivity contribution in [1.29, 1.82) is 0 Å². The average Bonchev–Trinajstić information content (AvgIpc) is 2.47. The number of carbonyl (C=O) groups is 2. The Morgan fingerprint density at radius 1 is 1.30 bits per heavy atom. The van der Waals surface area contributed by atoms with Crippen molar-refractivity contribution in [2.24, 2.45) is 0 Å². The maximum absolute atomic E-state index is 11.9. The summed E-state index contributed by atoms with van der Waals surface area (Å²) in [6.45, 7) is 12.1. The second-order valence-corrected chi connectivity index (χ2v) is 6.31. The Balaban J connectivity index is 2.28. The second-order valence-electron chi connectivity index (χ2n) is 6.31. The van der Waals surface area contributed by atoms with Crippen LogP contribution in [0, 0.1) is 20.8 Å². The highest BCUT2D eigenvalue weighted by Gasteiger charge is 2.26. The van der Waals surface area contributed by atoms with E-state index in [1.807, 2.05) is 13.8 Å². The van der Waals surface area contributed by atoms with Gasteiger partial charge in [-0.3, -0.25) is 14.5 Å². The molecule has 1 atom stereocenters. The van der Waals surface area contributed by atoms with Gasteiger partial charge in [0.25, 0.3) is 0 Å². The normalized spacial score (nSPS) is 18.7. The minimum absolute atomic E-state index is 0.0822. The molecule has 0 aromatic heterocycles. The second kappa shape index (κ2) is 7.13. The van der Waals surface area contributed by atoms with E-state index in [-0.39, 0.29) is 17.9 Å². The largest absolute Gasteiger partial charge is 0.461 e. The third kappa shape index (κ3) is 3.91. The van der Waals surface area contributed by atoms with Crippen molar-refractivity contribution in [3.05, 3.63) is 33.9 Å². The van der Waals surface area contributed by atoms with Gasteiger partial charge >= 0.3 is 5.97 Å². The number of amides is 1. The maximum atomic E-state index is 11.9. The number of aryl methyl sites for hydroxylation is 2. The van der Waals surface area contributed by atoms with Crippen LogP contribution in [0.1, 0.15) is 41.7 Å². The lowest BCUT2D eigenvalue weighted by molar-refractivity contribution is -0.142. The van der Waals surface area contributed by atoms with Gasteiger partial charge in [-0.2, -0.15) is 0 Å². The molecule has 1 aromatic rings. The van der Waals surface area contributed by atoms with E-state index in [9.17, 15) is 9.59 Å². The first kappa shape index (κ1) is 17.5. The lowest BCUT2D eigenvalue weighted by Crippen LogP contribution is -2.53. The number of piperazine rings is 1. The van der Waals surface area contributed by atoms with Crippen molar-refractivity contribution in [2.45, 2.75) is 53.8 Å². The van der Waals surface area contributed by atoms with Gasteiger partial charge < -0.3 is 10.1 Å². The third-order valence-corrected chi connectivity index (χ3v) is 4.70. The van der Waals surface area contributed by atoms with Gasteiger partial charge in [0, 0.05) is 26.6 Å². The summed E-state index contributed by atoms with van der Waals surface area (Å²) in [6.07, 6.45) is 0. The number of hydrogen-bond donors (Lipinski definition) is 1. The van der Waals surface area contributed by atoms with E-state index >= 15 is 0 Å². The first-order valence-electron chi connectivity index (χ1n) is 8.05. The van der Waals surface area contributed by atoms with Crippen molar-refractivity contribution >= 4 is 11.9 Å². The highest BCUT2D eigenvalue weighted by molar-refractivity contribution is 5.82. The van der Waals surface area contributed by atoms with Gasteiger partial charge in [0.2, 0.25) is 5.91 Å². The molecule has 1 aliphatic heterocycles. The van der Waals surface area contributed by atoms with Crippen molar-refractivity contribution in [2.75, 3.05) is 13.1 Å². The van der Waals surface area contributed by atoms with Crippen LogP contribution in [0.2, 0.25) is 0 Å². The summed E-state index contributed by atoms with van der Waals surface area (Å²) in [5.74, 6) is -0.189. The number of esters is 1. The van der Waals surface area contributed by atoms with Crippen LogP contribution < -0.4 is 5.32 Å². The van der Waals surface area contributed by atoms with E-state index in [1.54, 1.807) is 0 Å². The summed E-state index contributed by atoms with van der Waals surface area (Å²) in [7, 11) is 0. The minimum atomic E-state index is -0.271. The van der Waals surface area contributed by atoms with Crippen LogP contribution in [0.4, 0.5) is 0 Å². The van der Waals surface area contributed by atoms with Crippen LogP contribution in [0.15, 0.2) is 6.07 Å². The first-order valence-corrected chi connectivity index (χ1v) is 8.05. The highest BCUT2D eigenvalue weighted by Crippen LogP contribution is 2.25. The molecule has 1 fully saturated rings. The molecule has 0 aliphatic carbocycles. The van der Waals surface area contributed by atoms with Gasteiger partial charge in [0.1, 0.15) is 6.61 Å². The molecule has 0 unspecified atom stereocenters. The van der Waals surface area contributed by atoms with Gasteiger partial charge in [0.05, 0.1) is 6.04 Å². The zero-order valence-corrected chi connectivity index (χ0v) is 14.7. The fourth-order valence-corrected chi connectivity index (χ4v) is 3.16. The van der Waals surface area contributed by atoms with Crippen LogP contribution in [-0.4, -0.2) is 35.9 Å². The Morgan fingerprint density at radius 2 is 1.96 bits per heavy atom. The van der Waals surface area contributed by atoms with Crippen LogP contribution in [0.5, 0.6) is 0 Å². The summed E-state index contributed by atoms with van der Waals surface area (Å²) in [6, 6.07) is 2.01. The molecule has 0 radical (unpaired) electrons. The van der Waals surface area contributed by atoms with Crippen molar-refractivity contribution in [3.8, 4) is 0 Å². The number of nitrogens with zero attached hydrogens (tertiary/aromatic N) is 1. The molecule has 1 aromatic carbocycles. The van der Waals surface area contributed by atoms with Gasteiger partial charge in [-0.25, -0.2) is 0 Å². The molecule has 1 heterocycles. The summed E-state index contributed by atoms with van der Waals surface area (Å²) in [5, 5.41) is 2.89. The summed E-state index contributed by atoms with van der Waals surface area (Å²) < 4.78 is 5.20. The van der Waals surface area contributed by atoms with Crippen LogP contribution in [0.3, 0.4) is 0 Å². The van der Waals surface area contributed by atoms with E-state index in [0.717, 1.165) is 29.8 Å². The van der Waals surface area contributed by atoms with E-state index in [4.69, 9.17) is 4.74 Å². The van der Waals surface area contributed by atoms with Crippen molar-refractivity contribution in [1.82, 2.24) is 10.2 Å². The van der Waals surface area contributed by atoms with E-state index in [2.05, 4.69) is 30.1 Å². The molecule has 1 aliphatic rings. The van der Waals surface area contributed by atoms with E-state index < -0.39 is 0 Å². The monoisotopic (exact) mass is 318 g/mol. The molecule has 0 spiro atoms. The summed E-state index contributed by atoms with van der Waals surface area (Å²) >= 11 is 0. The Bertz CT molecular complexity index is 625. The first-order chi connectivity index (χ1) is 10.8. The van der Waals surface area contributed by atoms with Gasteiger partial charge in [0.15, 0.2) is 0 Å². The SMILES string of the molecule is CC(=O)OCc1c(C)cc(C)c(CN2CCNC(=O)[C@H]2C)c1C. The van der Waals surface area contributed by atoms with Gasteiger partial charge in [-0.1, -0.05) is 6.07 Å². The Morgan fingerprint density at radius 3 is 2.61 bits per heavy atom. The molecular formula is C18H26N2O3. The number of ether oxygens (including phenoxy) is 1. The van der Waals surface area contributed by atoms with Crippen LogP contribution in [0.25, 0.3) is 0 Å². The Kier molecular flexibility index (Phi) is 5.42. The fourth-order valence-electron chi connectivity index (χ4n) is 3.16. The Hall–Kier alpha value is -1.88. The molecule has 1 amide bonds. The molecule has 5 nitrogen and oxygen atoms in total. The standard InChI is InChI=1S/C18H26N2O3/c1-11-8-12(2)17(10-23-15(5)21)13(3)16(11)9-20-7-6-19-18(22)14(20)4/h8,14H,6-7,9-10H2,1-5H3,(H,19,22)/t14-/m1/s1. The van der Waals surface area contributed by atoms with Gasteiger partial charge in [-0.05, 0) is 55.5 Å². The number of nitrogens with one attached hydrogen (secondary N) is 1. The lowest BCUT2D eigenvalue weighted by Gasteiger charge is -2.34. The third-order valence-electron chi connectivity index (χ3n) is 4.70. The maximum Gasteiger partial charge on any atom is 0.302 e. The number of hydrogen-bond acceptors (Lipinski definition) is 4. The molecule has 1 saturated heterocycles. The predicted octanol–water partition coefficient (Wildman–Crippen LogP) is 2.00. The molecule has 1 N–H and O–H groups in total. The van der Waals surface area contributed by atoms with Crippen molar-refractivity contribution < 1.29 is 14.3 Å². The number of benzene rings is 1. The number of carbonyl (C=O) groups excluding carboxylic acids is 2. The molecular weight excluding hydrogens is 292 g/mol. The zero-order chi connectivity index (χ0) is 17.1. The molecule has 126 valence electrons. The lowest BCUT2D eigenvalue weighted by atomic mass is 9.93. The molecule has 0 saturated carbocycles. The molecule has 23 heavy (non-hydrogen) atoms. The van der Waals surface area contributed by atoms with Gasteiger partial charge in [-0.15, -0.1) is 0 Å². The van der Waals surface area contributed by atoms with E-state index in [0.29, 0.717) is 13.2 Å². The summed E-state index contributed by atoms with van der Waals surface area (Å²) in [5.41, 5.74) is 5.79. The predicted molar refractivity (Wildman–Crippen MR) is 89.0 cm³/mol. The average molecular weight is 318 g/mol. The van der Waals surface area contributed by atoms with Crippen LogP contribution in [-0.2, 0) is 27.5 Å².